The van der Waals surface area contributed by atoms with E-state index >= 15 is 0 Å². The zero-order valence-corrected chi connectivity index (χ0v) is 15.2. The minimum absolute atomic E-state index is 0. The summed E-state index contributed by atoms with van der Waals surface area (Å²) < 4.78 is 94.8. The second-order valence-corrected chi connectivity index (χ2v) is 4.03. The molecule has 0 atom stereocenters. The average Bonchev–Trinajstić information content (AvgIpc) is 1.41. The minimum atomic E-state index is -4.67. The molecule has 0 aliphatic rings. The SMILES string of the molecule is O=S(=O)(O)O.O=S(=O)(O)O.O=S(=O)(O)O.[Cr].[Cr].[H-].[Na+]. The maximum Gasteiger partial charge on any atom is 1.00 e. The van der Waals surface area contributed by atoms with Crippen molar-refractivity contribution in [3.05, 3.63) is 0 Å². The summed E-state index contributed by atoms with van der Waals surface area (Å²) in [5.74, 6) is 0. The second kappa shape index (κ2) is 15.1. The van der Waals surface area contributed by atoms with Gasteiger partial charge in [0.25, 0.3) is 0 Å². The summed E-state index contributed by atoms with van der Waals surface area (Å²) in [7, 11) is -14.0. The molecular formula is H7Cr2NaO12S3. The van der Waals surface area contributed by atoms with E-state index in [1.54, 1.807) is 0 Å². The van der Waals surface area contributed by atoms with E-state index in [9.17, 15) is 0 Å². The van der Waals surface area contributed by atoms with Gasteiger partial charge in [-0.25, -0.2) is 0 Å². The standard InChI is InChI=1S/2Cr.Na.3H2O4S.H/c;;;3*1-5(2,3)4;/h;;;3*(H2,1,2,3,4);/q;;+1;;;;-1. The molecule has 0 spiro atoms. The van der Waals surface area contributed by atoms with Gasteiger partial charge in [-0.05, 0) is 0 Å². The quantitative estimate of drug-likeness (QED) is 0.160. The minimum Gasteiger partial charge on any atom is -1.00 e. The van der Waals surface area contributed by atoms with E-state index in [0.717, 1.165) is 0 Å². The van der Waals surface area contributed by atoms with Crippen LogP contribution in [0.15, 0.2) is 0 Å². The van der Waals surface area contributed by atoms with Crippen LogP contribution in [-0.2, 0) is 65.9 Å². The molecule has 0 aromatic carbocycles. The fraction of sp³-hybridized carbons (Fsp3) is 0. The molecule has 0 aliphatic heterocycles. The Labute approximate surface area is 148 Å². The van der Waals surface area contributed by atoms with Crippen LogP contribution in [0, 0.1) is 0 Å². The molecular weight excluding hydrogens is 415 g/mol. The van der Waals surface area contributed by atoms with Crippen molar-refractivity contribution in [3.8, 4) is 0 Å². The van der Waals surface area contributed by atoms with Gasteiger partial charge >= 0.3 is 60.8 Å². The third kappa shape index (κ3) is 1750. The molecule has 12 nitrogen and oxygen atoms in total. The van der Waals surface area contributed by atoms with Crippen LogP contribution >= 0.6 is 0 Å². The summed E-state index contributed by atoms with van der Waals surface area (Å²) in [6.45, 7) is 0. The van der Waals surface area contributed by atoms with Crippen LogP contribution in [0.3, 0.4) is 0 Å². The maximum absolute atomic E-state index is 8.74. The molecule has 0 aromatic rings. The van der Waals surface area contributed by atoms with E-state index < -0.39 is 31.2 Å². The Kier molecular flexibility index (Phi) is 30.7. The summed E-state index contributed by atoms with van der Waals surface area (Å²) in [6.07, 6.45) is 0. The summed E-state index contributed by atoms with van der Waals surface area (Å²) in [6, 6.07) is 0. The Morgan fingerprint density at radius 3 is 0.500 bits per heavy atom. The molecule has 0 heterocycles. The number of hydrogen-bond acceptors (Lipinski definition) is 6. The molecule has 0 unspecified atom stereocenters. The first-order chi connectivity index (χ1) is 6.00. The molecule has 0 rings (SSSR count). The maximum atomic E-state index is 8.74. The fourth-order valence-electron chi connectivity index (χ4n) is 0. The molecule has 18 heavy (non-hydrogen) atoms. The molecule has 0 saturated heterocycles. The molecule has 0 aromatic heterocycles. The van der Waals surface area contributed by atoms with Crippen molar-refractivity contribution in [3.63, 3.8) is 0 Å². The Balaban J connectivity index is -0.0000000206. The summed E-state index contributed by atoms with van der Waals surface area (Å²) in [5.41, 5.74) is 0. The van der Waals surface area contributed by atoms with Gasteiger partial charge in [0.2, 0.25) is 0 Å². The average molecular weight is 422 g/mol. The van der Waals surface area contributed by atoms with Crippen LogP contribution in [0.1, 0.15) is 1.43 Å². The Hall–Kier alpha value is 1.67. The van der Waals surface area contributed by atoms with E-state index in [0.29, 0.717) is 0 Å². The van der Waals surface area contributed by atoms with E-state index in [1.165, 1.54) is 0 Å². The van der Waals surface area contributed by atoms with Gasteiger partial charge in [-0.2, -0.15) is 25.3 Å². The van der Waals surface area contributed by atoms with Gasteiger partial charge in [0.05, 0.1) is 0 Å². The third-order valence-electron chi connectivity index (χ3n) is 0. The predicted octanol–water partition coefficient (Wildman–Crippen LogP) is -4.85. The third-order valence-corrected chi connectivity index (χ3v) is 0. The van der Waals surface area contributed by atoms with Gasteiger partial charge in [-0.1, -0.05) is 0 Å². The van der Waals surface area contributed by atoms with Gasteiger partial charge in [0, 0.05) is 34.7 Å². The Bertz CT molecular complexity index is 352. The van der Waals surface area contributed by atoms with Crippen molar-refractivity contribution in [1.29, 1.82) is 0 Å². The van der Waals surface area contributed by atoms with E-state index in [-0.39, 0.29) is 65.7 Å². The van der Waals surface area contributed by atoms with Gasteiger partial charge in [-0.3, -0.25) is 27.3 Å². The van der Waals surface area contributed by atoms with Crippen LogP contribution in [0.4, 0.5) is 0 Å². The smallest absolute Gasteiger partial charge is 1.00 e. The van der Waals surface area contributed by atoms with Crippen LogP contribution in [0.25, 0.3) is 0 Å². The normalized spacial score (nSPS) is 9.67. The van der Waals surface area contributed by atoms with E-state index in [1.807, 2.05) is 0 Å². The van der Waals surface area contributed by atoms with Crippen LogP contribution in [0.2, 0.25) is 0 Å². The summed E-state index contributed by atoms with van der Waals surface area (Å²) in [5, 5.41) is 0. The van der Waals surface area contributed by atoms with Crippen molar-refractivity contribution in [2.24, 2.45) is 0 Å². The molecule has 18 heteroatoms. The molecule has 0 radical (unpaired) electrons. The van der Waals surface area contributed by atoms with E-state index in [2.05, 4.69) is 0 Å². The van der Waals surface area contributed by atoms with Gasteiger partial charge in [0.15, 0.2) is 0 Å². The fourth-order valence-corrected chi connectivity index (χ4v) is 0. The zero-order valence-electron chi connectivity index (χ0n) is 9.17. The van der Waals surface area contributed by atoms with Crippen molar-refractivity contribution >= 4 is 31.2 Å². The van der Waals surface area contributed by atoms with Gasteiger partial charge in [0.1, 0.15) is 0 Å². The predicted molar refractivity (Wildman–Crippen MR) is 43.6 cm³/mol. The molecule has 0 saturated carbocycles. The Morgan fingerprint density at radius 1 is 0.500 bits per heavy atom. The van der Waals surface area contributed by atoms with Crippen molar-refractivity contribution in [2.75, 3.05) is 0 Å². The molecule has 0 fully saturated rings. The topological polar surface area (TPSA) is 224 Å². The monoisotopic (exact) mass is 422 g/mol. The van der Waals surface area contributed by atoms with Crippen molar-refractivity contribution in [2.45, 2.75) is 0 Å². The Morgan fingerprint density at radius 2 is 0.500 bits per heavy atom. The zero-order chi connectivity index (χ0) is 13.5. The first-order valence-corrected chi connectivity index (χ1v) is 6.29. The summed E-state index contributed by atoms with van der Waals surface area (Å²) in [4.78, 5) is 0. The molecule has 0 amide bonds. The molecule has 0 aliphatic carbocycles. The first-order valence-electron chi connectivity index (χ1n) is 2.10. The largest absolute Gasteiger partial charge is 1.00 e. The van der Waals surface area contributed by atoms with Gasteiger partial charge < -0.3 is 1.43 Å². The van der Waals surface area contributed by atoms with Gasteiger partial charge in [-0.15, -0.1) is 0 Å². The summed E-state index contributed by atoms with van der Waals surface area (Å²) >= 11 is 0. The first kappa shape index (κ1) is 36.7. The molecule has 6 N–H and O–H groups in total. The number of rotatable bonds is 0. The van der Waals surface area contributed by atoms with E-state index in [4.69, 9.17) is 52.6 Å². The second-order valence-electron chi connectivity index (χ2n) is 1.34. The van der Waals surface area contributed by atoms with Crippen molar-refractivity contribution < 1.29 is 118 Å². The van der Waals surface area contributed by atoms with Crippen LogP contribution in [0.5, 0.6) is 0 Å². The van der Waals surface area contributed by atoms with Crippen LogP contribution in [-0.4, -0.2) is 52.6 Å². The molecule has 0 bridgehead atoms. The van der Waals surface area contributed by atoms with Crippen molar-refractivity contribution in [1.82, 2.24) is 0 Å². The molecule has 110 valence electrons. The number of hydrogen-bond donors (Lipinski definition) is 6. The van der Waals surface area contributed by atoms with Crippen LogP contribution < -0.4 is 29.6 Å².